The Morgan fingerprint density at radius 1 is 0.750 bits per heavy atom. The van der Waals surface area contributed by atoms with Crippen molar-refractivity contribution in [1.82, 2.24) is 5.32 Å². The van der Waals surface area contributed by atoms with Crippen LogP contribution in [0.2, 0.25) is 0 Å². The molecule has 2 N–H and O–H groups in total. The average Bonchev–Trinajstić information content (AvgIpc) is 3.22. The molecule has 1 aliphatic carbocycles. The summed E-state index contributed by atoms with van der Waals surface area (Å²) in [5.41, 5.74) is 7.72. The van der Waals surface area contributed by atoms with Gasteiger partial charge in [-0.05, 0) is 45.4 Å². The van der Waals surface area contributed by atoms with Crippen LogP contribution in [0.25, 0.3) is 22.3 Å². The number of amides is 1. The van der Waals surface area contributed by atoms with Crippen molar-refractivity contribution in [3.8, 4) is 22.3 Å². The Kier molecular flexibility index (Phi) is 6.80. The van der Waals surface area contributed by atoms with E-state index in [1.54, 1.807) is 0 Å². The van der Waals surface area contributed by atoms with Crippen molar-refractivity contribution in [3.05, 3.63) is 120 Å². The predicted molar refractivity (Wildman–Crippen MR) is 140 cm³/mol. The van der Waals surface area contributed by atoms with Gasteiger partial charge in [0.25, 0.3) is 0 Å². The fraction of sp³-hybridized carbons (Fsp3) is 0.161. The standard InChI is InChI=1S/C31H27NO4/c33-30(34)19-24(18-21-14-16-23(17-15-21)22-8-2-1-3-9-22)32-31(35)36-20-29-27-12-6-4-10-25(27)26-11-5-7-13-28(26)29/h1-17,24,29H,18-20H2,(H,32,35)(H,33,34)/t24-/m0/s1. The molecule has 5 heteroatoms. The second-order valence-electron chi connectivity index (χ2n) is 9.03. The van der Waals surface area contributed by atoms with Crippen LogP contribution in [0.4, 0.5) is 4.79 Å². The molecule has 4 aromatic rings. The maximum absolute atomic E-state index is 12.7. The van der Waals surface area contributed by atoms with E-state index in [9.17, 15) is 14.7 Å². The molecular weight excluding hydrogens is 450 g/mol. The molecule has 0 spiro atoms. The molecule has 0 saturated heterocycles. The number of carbonyl (C=O) groups excluding carboxylic acids is 1. The SMILES string of the molecule is O=C(O)C[C@H](Cc1ccc(-c2ccccc2)cc1)NC(=O)OCC1c2ccccc2-c2ccccc21. The van der Waals surface area contributed by atoms with Crippen molar-refractivity contribution in [2.75, 3.05) is 6.61 Å². The van der Waals surface area contributed by atoms with Gasteiger partial charge < -0.3 is 15.2 Å². The Hall–Kier alpha value is -4.38. The van der Waals surface area contributed by atoms with Crippen molar-refractivity contribution in [1.29, 1.82) is 0 Å². The zero-order valence-electron chi connectivity index (χ0n) is 19.8. The molecule has 0 saturated carbocycles. The van der Waals surface area contributed by atoms with Gasteiger partial charge >= 0.3 is 12.1 Å². The van der Waals surface area contributed by atoms with Crippen LogP contribution in [0.15, 0.2) is 103 Å². The van der Waals surface area contributed by atoms with Crippen LogP contribution in [0.3, 0.4) is 0 Å². The second-order valence-corrected chi connectivity index (χ2v) is 9.03. The molecule has 1 amide bonds. The summed E-state index contributed by atoms with van der Waals surface area (Å²) in [5.74, 6) is -1.02. The zero-order chi connectivity index (χ0) is 24.9. The van der Waals surface area contributed by atoms with Gasteiger partial charge in [-0.3, -0.25) is 4.79 Å². The van der Waals surface area contributed by atoms with E-state index >= 15 is 0 Å². The Morgan fingerprint density at radius 2 is 1.31 bits per heavy atom. The van der Waals surface area contributed by atoms with Crippen molar-refractivity contribution in [3.63, 3.8) is 0 Å². The first kappa shape index (κ1) is 23.4. The summed E-state index contributed by atoms with van der Waals surface area (Å²) >= 11 is 0. The Balaban J connectivity index is 1.24. The molecular formula is C31H27NO4. The number of carbonyl (C=O) groups is 2. The number of nitrogens with one attached hydrogen (secondary N) is 1. The molecule has 5 nitrogen and oxygen atoms in total. The minimum absolute atomic E-state index is 0.0494. The molecule has 36 heavy (non-hydrogen) atoms. The minimum Gasteiger partial charge on any atom is -0.481 e. The molecule has 4 aromatic carbocycles. The first-order chi connectivity index (χ1) is 17.6. The van der Waals surface area contributed by atoms with E-state index in [-0.39, 0.29) is 18.9 Å². The van der Waals surface area contributed by atoms with Gasteiger partial charge in [0.2, 0.25) is 0 Å². The van der Waals surface area contributed by atoms with E-state index in [4.69, 9.17) is 4.74 Å². The van der Waals surface area contributed by atoms with Crippen molar-refractivity contribution in [2.45, 2.75) is 24.8 Å². The van der Waals surface area contributed by atoms with Crippen LogP contribution in [0.1, 0.15) is 29.0 Å². The van der Waals surface area contributed by atoms with Gasteiger partial charge in [0.15, 0.2) is 0 Å². The number of fused-ring (bicyclic) bond motifs is 3. The number of rotatable bonds is 8. The third-order valence-corrected chi connectivity index (χ3v) is 6.63. The average molecular weight is 478 g/mol. The summed E-state index contributed by atoms with van der Waals surface area (Å²) in [7, 11) is 0. The molecule has 1 aliphatic rings. The first-order valence-electron chi connectivity index (χ1n) is 12.1. The van der Waals surface area contributed by atoms with Crippen molar-refractivity contribution >= 4 is 12.1 Å². The van der Waals surface area contributed by atoms with Gasteiger partial charge in [-0.2, -0.15) is 0 Å². The minimum atomic E-state index is -0.972. The maximum Gasteiger partial charge on any atom is 0.407 e. The number of ether oxygens (including phenoxy) is 1. The summed E-state index contributed by atoms with van der Waals surface area (Å²) in [5, 5.41) is 12.2. The van der Waals surface area contributed by atoms with Gasteiger partial charge in [0.1, 0.15) is 6.61 Å². The number of benzene rings is 4. The fourth-order valence-electron chi connectivity index (χ4n) is 4.94. The highest BCUT2D eigenvalue weighted by Crippen LogP contribution is 2.44. The molecule has 0 unspecified atom stereocenters. The summed E-state index contributed by atoms with van der Waals surface area (Å²) < 4.78 is 5.62. The smallest absolute Gasteiger partial charge is 0.407 e. The monoisotopic (exact) mass is 477 g/mol. The maximum atomic E-state index is 12.7. The van der Waals surface area contributed by atoms with Gasteiger partial charge in [-0.15, -0.1) is 0 Å². The third-order valence-electron chi connectivity index (χ3n) is 6.63. The molecule has 180 valence electrons. The summed E-state index contributed by atoms with van der Waals surface area (Å²) in [4.78, 5) is 24.2. The van der Waals surface area contributed by atoms with Crippen LogP contribution in [-0.4, -0.2) is 29.8 Å². The van der Waals surface area contributed by atoms with Gasteiger partial charge in [0, 0.05) is 12.0 Å². The normalized spacial score (nSPS) is 12.9. The van der Waals surface area contributed by atoms with E-state index in [1.165, 1.54) is 0 Å². The summed E-state index contributed by atoms with van der Waals surface area (Å²) in [6.45, 7) is 0.186. The molecule has 0 aromatic heterocycles. The Bertz CT molecular complexity index is 1320. The number of aliphatic carboxylic acids is 1. The lowest BCUT2D eigenvalue weighted by Gasteiger charge is -2.19. The third kappa shape index (κ3) is 5.15. The summed E-state index contributed by atoms with van der Waals surface area (Å²) in [6.07, 6.45) is -0.403. The van der Waals surface area contributed by atoms with Gasteiger partial charge in [-0.25, -0.2) is 4.79 Å². The van der Waals surface area contributed by atoms with Crippen LogP contribution < -0.4 is 5.32 Å². The molecule has 0 aliphatic heterocycles. The molecule has 0 fully saturated rings. The summed E-state index contributed by atoms with van der Waals surface area (Å²) in [6, 6.07) is 33.7. The van der Waals surface area contributed by atoms with E-state index in [2.05, 4.69) is 29.6 Å². The largest absolute Gasteiger partial charge is 0.481 e. The lowest BCUT2D eigenvalue weighted by molar-refractivity contribution is -0.137. The van der Waals surface area contributed by atoms with E-state index in [0.717, 1.165) is 38.9 Å². The lowest BCUT2D eigenvalue weighted by Crippen LogP contribution is -2.39. The quantitative estimate of drug-likeness (QED) is 0.313. The fourth-order valence-corrected chi connectivity index (χ4v) is 4.94. The van der Waals surface area contributed by atoms with Crippen LogP contribution in [-0.2, 0) is 16.0 Å². The molecule has 1 atom stereocenters. The van der Waals surface area contributed by atoms with E-state index < -0.39 is 18.1 Å². The number of hydrogen-bond acceptors (Lipinski definition) is 3. The van der Waals surface area contributed by atoms with Crippen molar-refractivity contribution < 1.29 is 19.4 Å². The Morgan fingerprint density at radius 3 is 1.92 bits per heavy atom. The Labute approximate surface area is 210 Å². The highest BCUT2D eigenvalue weighted by Gasteiger charge is 2.29. The highest BCUT2D eigenvalue weighted by atomic mass is 16.5. The van der Waals surface area contributed by atoms with Crippen molar-refractivity contribution in [2.24, 2.45) is 0 Å². The number of carboxylic acids is 1. The lowest BCUT2D eigenvalue weighted by atomic mass is 9.98. The first-order valence-corrected chi connectivity index (χ1v) is 12.1. The van der Waals surface area contributed by atoms with E-state index in [0.29, 0.717) is 6.42 Å². The second kappa shape index (κ2) is 10.5. The molecule has 0 bridgehead atoms. The predicted octanol–water partition coefficient (Wildman–Crippen LogP) is 6.28. The highest BCUT2D eigenvalue weighted by molar-refractivity contribution is 5.79. The topological polar surface area (TPSA) is 75.6 Å². The zero-order valence-corrected chi connectivity index (χ0v) is 19.8. The number of hydrogen-bond donors (Lipinski definition) is 2. The van der Waals surface area contributed by atoms with E-state index in [1.807, 2.05) is 78.9 Å². The van der Waals surface area contributed by atoms with Crippen LogP contribution >= 0.6 is 0 Å². The molecule has 0 heterocycles. The number of carboxylic acid groups (broad SMARTS) is 1. The van der Waals surface area contributed by atoms with Crippen LogP contribution in [0, 0.1) is 0 Å². The van der Waals surface area contributed by atoms with Gasteiger partial charge in [-0.1, -0.05) is 103 Å². The van der Waals surface area contributed by atoms with Crippen LogP contribution in [0.5, 0.6) is 0 Å². The van der Waals surface area contributed by atoms with Gasteiger partial charge in [0.05, 0.1) is 6.42 Å². The molecule has 0 radical (unpaired) electrons. The number of alkyl carbamates (subject to hydrolysis) is 1. The molecule has 5 rings (SSSR count).